The first-order chi connectivity index (χ1) is 13.8. The maximum atomic E-state index is 12.8. The van der Waals surface area contributed by atoms with E-state index in [2.05, 4.69) is 31.2 Å². The maximum Gasteiger partial charge on any atom is 0.346 e. The summed E-state index contributed by atoms with van der Waals surface area (Å²) >= 11 is 1.58. The molecular weight excluding hydrogens is 384 g/mol. The molecule has 29 heavy (non-hydrogen) atoms. The molecule has 1 saturated carbocycles. The van der Waals surface area contributed by atoms with Gasteiger partial charge in [0, 0.05) is 18.2 Å². The molecule has 3 aromatic rings. The lowest BCUT2D eigenvalue weighted by molar-refractivity contribution is 0.0951. The van der Waals surface area contributed by atoms with Crippen LogP contribution in [0.4, 0.5) is 0 Å². The van der Waals surface area contributed by atoms with Crippen LogP contribution in [0.1, 0.15) is 55.6 Å². The highest BCUT2D eigenvalue weighted by Crippen LogP contribution is 2.37. The van der Waals surface area contributed by atoms with E-state index in [1.807, 2.05) is 41.8 Å². The monoisotopic (exact) mass is 410 g/mol. The minimum atomic E-state index is -0.140. The number of carbonyl (C=O) groups is 1. The van der Waals surface area contributed by atoms with Gasteiger partial charge in [0.2, 0.25) is 0 Å². The van der Waals surface area contributed by atoms with Crippen molar-refractivity contribution >= 4 is 17.2 Å². The van der Waals surface area contributed by atoms with E-state index in [1.165, 1.54) is 10.2 Å². The molecule has 0 atom stereocenters. The molecule has 1 aliphatic rings. The molecule has 0 unspecified atom stereocenters. The van der Waals surface area contributed by atoms with Crippen molar-refractivity contribution in [3.8, 4) is 10.7 Å². The van der Waals surface area contributed by atoms with E-state index in [4.69, 9.17) is 0 Å². The highest BCUT2D eigenvalue weighted by atomic mass is 32.1. The Morgan fingerprint density at radius 3 is 2.52 bits per heavy atom. The summed E-state index contributed by atoms with van der Waals surface area (Å²) in [5.74, 6) is 0.593. The molecule has 1 aliphatic carbocycles. The molecule has 6 nitrogen and oxygen atoms in total. The number of aromatic nitrogens is 3. The summed E-state index contributed by atoms with van der Waals surface area (Å²) < 4.78 is 3.27. The first-order valence-corrected chi connectivity index (χ1v) is 10.8. The molecule has 2 aromatic heterocycles. The van der Waals surface area contributed by atoms with Gasteiger partial charge in [-0.3, -0.25) is 9.36 Å². The number of nitrogens with one attached hydrogen (secondary N) is 1. The first-order valence-electron chi connectivity index (χ1n) is 9.96. The van der Waals surface area contributed by atoms with E-state index >= 15 is 0 Å². The van der Waals surface area contributed by atoms with Crippen molar-refractivity contribution in [1.82, 2.24) is 19.7 Å². The normalized spacial score (nSPS) is 14.2. The number of hydrogen-bond acceptors (Lipinski definition) is 4. The Morgan fingerprint density at radius 1 is 1.21 bits per heavy atom. The van der Waals surface area contributed by atoms with Gasteiger partial charge in [-0.1, -0.05) is 39.0 Å². The van der Waals surface area contributed by atoms with Crippen LogP contribution in [0.3, 0.4) is 0 Å². The standard InChI is InChI=1S/C22H26N4O2S/c1-22(2,3)16-8-6-15(7-9-16)20(27)23-12-13-25-21(28)26(17-10-11-17)19(24-25)18-5-4-14-29-18/h4-9,14,17H,10-13H2,1-3H3,(H,23,27). The van der Waals surface area contributed by atoms with Crippen LogP contribution in [0.15, 0.2) is 46.6 Å². The zero-order valence-corrected chi connectivity index (χ0v) is 17.8. The minimum Gasteiger partial charge on any atom is -0.350 e. The second-order valence-electron chi connectivity index (χ2n) is 8.49. The molecular formula is C22H26N4O2S. The van der Waals surface area contributed by atoms with E-state index in [9.17, 15) is 9.59 Å². The van der Waals surface area contributed by atoms with Crippen LogP contribution in [0.2, 0.25) is 0 Å². The van der Waals surface area contributed by atoms with Crippen molar-refractivity contribution in [2.24, 2.45) is 0 Å². The average Bonchev–Trinajstić information content (AvgIpc) is 3.26. The van der Waals surface area contributed by atoms with Gasteiger partial charge in [-0.25, -0.2) is 9.48 Å². The predicted molar refractivity (Wildman–Crippen MR) is 116 cm³/mol. The van der Waals surface area contributed by atoms with Crippen molar-refractivity contribution in [3.05, 3.63) is 63.4 Å². The molecule has 7 heteroatoms. The number of hydrogen-bond donors (Lipinski definition) is 1. The van der Waals surface area contributed by atoms with Crippen molar-refractivity contribution in [1.29, 1.82) is 0 Å². The lowest BCUT2D eigenvalue weighted by Gasteiger charge is -2.19. The molecule has 1 fully saturated rings. The lowest BCUT2D eigenvalue weighted by Crippen LogP contribution is -2.32. The topological polar surface area (TPSA) is 68.9 Å². The highest BCUT2D eigenvalue weighted by Gasteiger charge is 2.30. The van der Waals surface area contributed by atoms with Gasteiger partial charge >= 0.3 is 5.69 Å². The zero-order valence-electron chi connectivity index (χ0n) is 17.0. The first kappa shape index (κ1) is 19.6. The zero-order chi connectivity index (χ0) is 20.6. The van der Waals surface area contributed by atoms with E-state index < -0.39 is 0 Å². The van der Waals surface area contributed by atoms with Crippen LogP contribution >= 0.6 is 11.3 Å². The second kappa shape index (κ2) is 7.63. The van der Waals surface area contributed by atoms with E-state index in [1.54, 1.807) is 15.9 Å². The number of thiophene rings is 1. The lowest BCUT2D eigenvalue weighted by atomic mass is 9.87. The van der Waals surface area contributed by atoms with E-state index in [-0.39, 0.29) is 23.1 Å². The number of nitrogens with zero attached hydrogens (tertiary/aromatic N) is 3. The number of benzene rings is 1. The maximum absolute atomic E-state index is 12.8. The van der Waals surface area contributed by atoms with Crippen molar-refractivity contribution < 1.29 is 4.79 Å². The highest BCUT2D eigenvalue weighted by molar-refractivity contribution is 7.13. The quantitative estimate of drug-likeness (QED) is 0.671. The van der Waals surface area contributed by atoms with Crippen molar-refractivity contribution in [3.63, 3.8) is 0 Å². The molecule has 152 valence electrons. The Kier molecular flexibility index (Phi) is 5.17. The molecule has 1 N–H and O–H groups in total. The van der Waals surface area contributed by atoms with Gasteiger partial charge in [0.05, 0.1) is 11.4 Å². The summed E-state index contributed by atoms with van der Waals surface area (Å²) in [4.78, 5) is 26.2. The van der Waals surface area contributed by atoms with Gasteiger partial charge in [0.25, 0.3) is 5.91 Å². The van der Waals surface area contributed by atoms with Crippen LogP contribution in [0.25, 0.3) is 10.7 Å². The Hall–Kier alpha value is -2.67. The van der Waals surface area contributed by atoms with Gasteiger partial charge in [0.1, 0.15) is 0 Å². The molecule has 1 amide bonds. The third kappa shape index (κ3) is 4.19. The third-order valence-corrected chi connectivity index (χ3v) is 6.01. The fraction of sp³-hybridized carbons (Fsp3) is 0.409. The van der Waals surface area contributed by atoms with Crippen molar-refractivity contribution in [2.75, 3.05) is 6.54 Å². The van der Waals surface area contributed by atoms with Gasteiger partial charge in [-0.15, -0.1) is 16.4 Å². The van der Waals surface area contributed by atoms with Crippen LogP contribution in [0.5, 0.6) is 0 Å². The fourth-order valence-corrected chi connectivity index (χ4v) is 4.01. The molecule has 0 spiro atoms. The predicted octanol–water partition coefficient (Wildman–Crippen LogP) is 3.84. The Labute approximate surface area is 174 Å². The summed E-state index contributed by atoms with van der Waals surface area (Å²) in [5.41, 5.74) is 1.76. The summed E-state index contributed by atoms with van der Waals surface area (Å²) in [6, 6.07) is 11.9. The Morgan fingerprint density at radius 2 is 1.93 bits per heavy atom. The second-order valence-corrected chi connectivity index (χ2v) is 9.44. The van der Waals surface area contributed by atoms with Crippen LogP contribution < -0.4 is 11.0 Å². The summed E-state index contributed by atoms with van der Waals surface area (Å²) in [7, 11) is 0. The molecule has 4 rings (SSSR count). The van der Waals surface area contributed by atoms with Crippen LogP contribution in [0, 0.1) is 0 Å². The number of carbonyl (C=O) groups excluding carboxylic acids is 1. The van der Waals surface area contributed by atoms with E-state index in [0.29, 0.717) is 18.7 Å². The summed E-state index contributed by atoms with van der Waals surface area (Å²) in [5, 5.41) is 9.43. The summed E-state index contributed by atoms with van der Waals surface area (Å²) in [6.45, 7) is 7.13. The minimum absolute atomic E-state index is 0.0524. The van der Waals surface area contributed by atoms with Gasteiger partial charge in [-0.2, -0.15) is 0 Å². The third-order valence-electron chi connectivity index (χ3n) is 5.15. The molecule has 0 saturated heterocycles. The SMILES string of the molecule is CC(C)(C)c1ccc(C(=O)NCCn2nc(-c3cccs3)n(C3CC3)c2=O)cc1. The number of rotatable bonds is 6. The molecule has 0 bridgehead atoms. The largest absolute Gasteiger partial charge is 0.350 e. The average molecular weight is 411 g/mol. The van der Waals surface area contributed by atoms with Gasteiger partial charge < -0.3 is 5.32 Å². The molecule has 2 heterocycles. The van der Waals surface area contributed by atoms with Gasteiger partial charge in [0.15, 0.2) is 5.82 Å². The molecule has 0 aliphatic heterocycles. The fourth-order valence-electron chi connectivity index (χ4n) is 3.30. The van der Waals surface area contributed by atoms with Crippen LogP contribution in [-0.2, 0) is 12.0 Å². The molecule has 0 radical (unpaired) electrons. The van der Waals surface area contributed by atoms with E-state index in [0.717, 1.165) is 23.5 Å². The Bertz CT molecular complexity index is 1050. The van der Waals surface area contributed by atoms with Gasteiger partial charge in [-0.05, 0) is 47.4 Å². The van der Waals surface area contributed by atoms with Crippen LogP contribution in [-0.4, -0.2) is 26.8 Å². The Balaban J connectivity index is 1.43. The summed E-state index contributed by atoms with van der Waals surface area (Å²) in [6.07, 6.45) is 2.04. The number of amides is 1. The molecule has 1 aromatic carbocycles. The smallest absolute Gasteiger partial charge is 0.346 e. The van der Waals surface area contributed by atoms with Crippen molar-refractivity contribution in [2.45, 2.75) is 51.6 Å².